The summed E-state index contributed by atoms with van der Waals surface area (Å²) in [5.74, 6) is -0.306. The zero-order chi connectivity index (χ0) is 7.84. The van der Waals surface area contributed by atoms with Crippen molar-refractivity contribution in [2.45, 2.75) is 0 Å². The van der Waals surface area contributed by atoms with Crippen LogP contribution in [0.5, 0.6) is 0 Å². The van der Waals surface area contributed by atoms with E-state index >= 15 is 0 Å². The molecule has 0 amide bonds. The first-order valence-electron chi connectivity index (χ1n) is 3.39. The minimum absolute atomic E-state index is 0.306. The summed E-state index contributed by atoms with van der Waals surface area (Å²) in [7, 11) is 1.89. The highest BCUT2D eigenvalue weighted by Gasteiger charge is 1.97. The average molecular weight is 148 g/mol. The first-order chi connectivity index (χ1) is 5.27. The maximum Gasteiger partial charge on any atom is 0.133 e. The van der Waals surface area contributed by atoms with Crippen molar-refractivity contribution in [1.29, 1.82) is 0 Å². The van der Waals surface area contributed by atoms with Crippen LogP contribution in [-0.4, -0.2) is 4.57 Å². The van der Waals surface area contributed by atoms with E-state index in [9.17, 15) is 4.39 Å². The number of rotatable bonds is 0. The Labute approximate surface area is 64.1 Å². The molecule has 2 rings (SSSR count). The number of fused-ring (bicyclic) bond motifs is 1. The molecule has 1 nitrogen and oxygen atoms in total. The molecule has 1 aromatic carbocycles. The highest BCUT2D eigenvalue weighted by Crippen LogP contribution is 2.14. The van der Waals surface area contributed by atoms with Crippen molar-refractivity contribution < 1.29 is 4.39 Å². The summed E-state index contributed by atoms with van der Waals surface area (Å²) in [5, 5.41) is 1.02. The standard InChI is InChI=1S/C9H7FN/c1-11-5-4-7-2-3-8(10)6-9(7)11/h2,4-6H,1H3. The van der Waals surface area contributed by atoms with Crippen LogP contribution in [0.2, 0.25) is 0 Å². The van der Waals surface area contributed by atoms with E-state index in [1.807, 2.05) is 23.9 Å². The predicted octanol–water partition coefficient (Wildman–Crippen LogP) is 2.12. The lowest BCUT2D eigenvalue weighted by Gasteiger charge is -1.94. The van der Waals surface area contributed by atoms with Crippen LogP contribution in [0, 0.1) is 11.9 Å². The zero-order valence-corrected chi connectivity index (χ0v) is 6.13. The summed E-state index contributed by atoms with van der Waals surface area (Å²) in [4.78, 5) is 0. The summed E-state index contributed by atoms with van der Waals surface area (Å²) < 4.78 is 14.5. The van der Waals surface area contributed by atoms with E-state index in [0.29, 0.717) is 0 Å². The molecule has 1 heterocycles. The van der Waals surface area contributed by atoms with Gasteiger partial charge in [0.1, 0.15) is 5.82 Å². The molecule has 2 heteroatoms. The van der Waals surface area contributed by atoms with E-state index in [-0.39, 0.29) is 5.82 Å². The SMILES string of the molecule is Cn1ccc2c[c]c(F)cc21. The smallest absolute Gasteiger partial charge is 0.133 e. The molecular weight excluding hydrogens is 141 g/mol. The minimum atomic E-state index is -0.306. The first-order valence-corrected chi connectivity index (χ1v) is 3.39. The molecular formula is C9H7FN. The molecule has 0 saturated heterocycles. The Balaban J connectivity index is 2.87. The van der Waals surface area contributed by atoms with Crippen molar-refractivity contribution in [2.75, 3.05) is 0 Å². The minimum Gasteiger partial charge on any atom is -0.350 e. The lowest BCUT2D eigenvalue weighted by atomic mass is 10.2. The molecule has 0 bridgehead atoms. The Morgan fingerprint density at radius 1 is 1.55 bits per heavy atom. The van der Waals surface area contributed by atoms with Gasteiger partial charge in [-0.3, -0.25) is 0 Å². The van der Waals surface area contributed by atoms with Crippen molar-refractivity contribution in [3.63, 3.8) is 0 Å². The highest BCUT2D eigenvalue weighted by atomic mass is 19.1. The zero-order valence-electron chi connectivity index (χ0n) is 6.13. The second-order valence-corrected chi connectivity index (χ2v) is 2.55. The monoisotopic (exact) mass is 148 g/mol. The van der Waals surface area contributed by atoms with Crippen molar-refractivity contribution in [3.8, 4) is 0 Å². The molecule has 0 aliphatic heterocycles. The normalized spacial score (nSPS) is 10.7. The quantitative estimate of drug-likeness (QED) is 0.539. The summed E-state index contributed by atoms with van der Waals surface area (Å²) >= 11 is 0. The molecule has 0 aliphatic carbocycles. The van der Waals surface area contributed by atoms with Gasteiger partial charge in [-0.25, -0.2) is 4.39 Å². The molecule has 11 heavy (non-hydrogen) atoms. The van der Waals surface area contributed by atoms with E-state index in [1.165, 1.54) is 6.07 Å². The highest BCUT2D eigenvalue weighted by molar-refractivity contribution is 5.79. The largest absolute Gasteiger partial charge is 0.350 e. The molecule has 0 aliphatic rings. The van der Waals surface area contributed by atoms with Gasteiger partial charge in [-0.1, -0.05) is 0 Å². The molecule has 0 spiro atoms. The fourth-order valence-electron chi connectivity index (χ4n) is 1.18. The molecule has 2 aromatic rings. The second-order valence-electron chi connectivity index (χ2n) is 2.55. The third kappa shape index (κ3) is 0.909. The average Bonchev–Trinajstić information content (AvgIpc) is 2.33. The molecule has 0 unspecified atom stereocenters. The number of hydrogen-bond donors (Lipinski definition) is 0. The first kappa shape index (κ1) is 6.40. The maximum absolute atomic E-state index is 12.6. The second kappa shape index (κ2) is 2.09. The van der Waals surface area contributed by atoms with Crippen molar-refractivity contribution >= 4 is 10.9 Å². The van der Waals surface area contributed by atoms with Crippen molar-refractivity contribution in [3.05, 3.63) is 36.3 Å². The fraction of sp³-hybridized carbons (Fsp3) is 0.111. The number of hydrogen-bond acceptors (Lipinski definition) is 0. The molecule has 0 saturated carbocycles. The van der Waals surface area contributed by atoms with Crippen LogP contribution in [0.1, 0.15) is 0 Å². The van der Waals surface area contributed by atoms with Crippen LogP contribution in [0.4, 0.5) is 4.39 Å². The fourth-order valence-corrected chi connectivity index (χ4v) is 1.18. The summed E-state index contributed by atoms with van der Waals surface area (Å²) in [6.07, 6.45) is 1.90. The van der Waals surface area contributed by atoms with Crippen LogP contribution >= 0.6 is 0 Å². The summed E-state index contributed by atoms with van der Waals surface area (Å²) in [6, 6.07) is 7.58. The van der Waals surface area contributed by atoms with Gasteiger partial charge in [0.15, 0.2) is 0 Å². The Hall–Kier alpha value is -1.31. The van der Waals surface area contributed by atoms with Gasteiger partial charge in [0.2, 0.25) is 0 Å². The lowest BCUT2D eigenvalue weighted by Crippen LogP contribution is -1.84. The molecule has 0 atom stereocenters. The Bertz CT molecular complexity index is 389. The summed E-state index contributed by atoms with van der Waals surface area (Å²) in [6.45, 7) is 0. The summed E-state index contributed by atoms with van der Waals surface area (Å²) in [5.41, 5.74) is 0.904. The molecule has 55 valence electrons. The van der Waals surface area contributed by atoms with Gasteiger partial charge in [0.05, 0.1) is 5.52 Å². The van der Waals surface area contributed by atoms with Crippen LogP contribution < -0.4 is 0 Å². The number of aryl methyl sites for hydroxylation is 1. The van der Waals surface area contributed by atoms with Gasteiger partial charge >= 0.3 is 0 Å². The molecule has 1 aromatic heterocycles. The number of nitrogens with zero attached hydrogens (tertiary/aromatic N) is 1. The van der Waals surface area contributed by atoms with Crippen LogP contribution in [0.15, 0.2) is 24.4 Å². The van der Waals surface area contributed by atoms with Gasteiger partial charge in [-0.05, 0) is 18.2 Å². The Morgan fingerprint density at radius 2 is 2.36 bits per heavy atom. The van der Waals surface area contributed by atoms with Gasteiger partial charge in [0, 0.05) is 24.7 Å². The molecule has 0 N–H and O–H groups in total. The third-order valence-corrected chi connectivity index (χ3v) is 1.78. The van der Waals surface area contributed by atoms with Gasteiger partial charge in [-0.2, -0.15) is 0 Å². The molecule has 0 fully saturated rings. The van der Waals surface area contributed by atoms with E-state index in [0.717, 1.165) is 10.9 Å². The van der Waals surface area contributed by atoms with Crippen LogP contribution in [0.3, 0.4) is 0 Å². The van der Waals surface area contributed by atoms with E-state index in [2.05, 4.69) is 6.07 Å². The van der Waals surface area contributed by atoms with E-state index in [1.54, 1.807) is 6.07 Å². The van der Waals surface area contributed by atoms with Crippen LogP contribution in [0.25, 0.3) is 10.9 Å². The lowest BCUT2D eigenvalue weighted by molar-refractivity contribution is 0.626. The van der Waals surface area contributed by atoms with Crippen molar-refractivity contribution in [1.82, 2.24) is 4.57 Å². The Morgan fingerprint density at radius 3 is 3.18 bits per heavy atom. The van der Waals surface area contributed by atoms with Crippen molar-refractivity contribution in [2.24, 2.45) is 7.05 Å². The van der Waals surface area contributed by atoms with E-state index in [4.69, 9.17) is 0 Å². The number of aromatic nitrogens is 1. The molecule has 1 radical (unpaired) electrons. The third-order valence-electron chi connectivity index (χ3n) is 1.78. The number of halogens is 1. The predicted molar refractivity (Wildman–Crippen MR) is 41.7 cm³/mol. The van der Waals surface area contributed by atoms with E-state index < -0.39 is 0 Å². The van der Waals surface area contributed by atoms with Gasteiger partial charge in [-0.15, -0.1) is 0 Å². The number of benzene rings is 1. The van der Waals surface area contributed by atoms with Crippen LogP contribution in [-0.2, 0) is 7.05 Å². The van der Waals surface area contributed by atoms with Gasteiger partial charge < -0.3 is 4.57 Å². The topological polar surface area (TPSA) is 4.93 Å². The maximum atomic E-state index is 12.6. The Kier molecular flexibility index (Phi) is 1.22. The van der Waals surface area contributed by atoms with Gasteiger partial charge in [0.25, 0.3) is 0 Å².